The molecule has 0 radical (unpaired) electrons. The first kappa shape index (κ1) is 8.98. The zero-order valence-electron chi connectivity index (χ0n) is 5.96. The SMILES string of the molecule is C[C@H](O)c1nc(C(F)(F)F)no1. The summed E-state index contributed by atoms with van der Waals surface area (Å²) in [6.45, 7) is 1.23. The van der Waals surface area contributed by atoms with Crippen molar-refractivity contribution in [2.75, 3.05) is 0 Å². The summed E-state index contributed by atoms with van der Waals surface area (Å²) in [5.41, 5.74) is 0. The summed E-state index contributed by atoms with van der Waals surface area (Å²) >= 11 is 0. The van der Waals surface area contributed by atoms with E-state index in [1.54, 1.807) is 0 Å². The maximum atomic E-state index is 11.8. The molecule has 1 heterocycles. The van der Waals surface area contributed by atoms with E-state index in [-0.39, 0.29) is 0 Å². The number of halogens is 3. The normalized spacial score (nSPS) is 14.8. The fourth-order valence-electron chi connectivity index (χ4n) is 0.520. The van der Waals surface area contributed by atoms with Crippen LogP contribution in [0.25, 0.3) is 0 Å². The molecule has 0 amide bonds. The zero-order chi connectivity index (χ0) is 9.35. The van der Waals surface area contributed by atoms with Gasteiger partial charge in [-0.15, -0.1) is 0 Å². The summed E-state index contributed by atoms with van der Waals surface area (Å²) in [6.07, 6.45) is -5.81. The van der Waals surface area contributed by atoms with Gasteiger partial charge < -0.3 is 9.63 Å². The molecular weight excluding hydrogens is 177 g/mol. The second-order valence-corrected chi connectivity index (χ2v) is 2.13. The van der Waals surface area contributed by atoms with E-state index >= 15 is 0 Å². The van der Waals surface area contributed by atoms with Crippen LogP contribution in [-0.2, 0) is 6.18 Å². The zero-order valence-corrected chi connectivity index (χ0v) is 5.96. The van der Waals surface area contributed by atoms with Crippen molar-refractivity contribution in [2.24, 2.45) is 0 Å². The molecule has 0 saturated carbocycles. The number of nitrogens with zero attached hydrogens (tertiary/aromatic N) is 2. The summed E-state index contributed by atoms with van der Waals surface area (Å²) in [6, 6.07) is 0. The molecule has 0 spiro atoms. The molecule has 0 unspecified atom stereocenters. The standard InChI is InChI=1S/C5H5F3N2O2/c1-2(11)3-9-4(10-12-3)5(6,7)8/h2,11H,1H3/t2-/m0/s1. The van der Waals surface area contributed by atoms with E-state index in [1.165, 1.54) is 6.92 Å². The van der Waals surface area contributed by atoms with Crippen LogP contribution in [0.2, 0.25) is 0 Å². The highest BCUT2D eigenvalue weighted by atomic mass is 19.4. The Labute approximate surface area is 65.0 Å². The number of aromatic nitrogens is 2. The van der Waals surface area contributed by atoms with Crippen molar-refractivity contribution in [1.82, 2.24) is 10.1 Å². The van der Waals surface area contributed by atoms with Gasteiger partial charge >= 0.3 is 6.18 Å². The lowest BCUT2D eigenvalue weighted by Gasteiger charge is -1.96. The molecule has 68 valence electrons. The van der Waals surface area contributed by atoms with Gasteiger partial charge in [-0.25, -0.2) is 0 Å². The van der Waals surface area contributed by atoms with E-state index in [4.69, 9.17) is 5.11 Å². The molecule has 0 saturated heterocycles. The van der Waals surface area contributed by atoms with E-state index < -0.39 is 24.0 Å². The van der Waals surface area contributed by atoms with Gasteiger partial charge in [0.2, 0.25) is 0 Å². The van der Waals surface area contributed by atoms with Crippen molar-refractivity contribution in [3.63, 3.8) is 0 Å². The number of hydrogen-bond donors (Lipinski definition) is 1. The fourth-order valence-corrected chi connectivity index (χ4v) is 0.520. The van der Waals surface area contributed by atoms with E-state index in [2.05, 4.69) is 14.7 Å². The minimum Gasteiger partial charge on any atom is -0.384 e. The van der Waals surface area contributed by atoms with Crippen LogP contribution in [-0.4, -0.2) is 15.2 Å². The summed E-state index contributed by atoms with van der Waals surface area (Å²) in [5.74, 6) is -1.82. The second kappa shape index (κ2) is 2.74. The molecule has 7 heteroatoms. The summed E-state index contributed by atoms with van der Waals surface area (Å²) in [5, 5.41) is 11.4. The van der Waals surface area contributed by atoms with Crippen molar-refractivity contribution in [1.29, 1.82) is 0 Å². The van der Waals surface area contributed by atoms with Crippen molar-refractivity contribution in [3.8, 4) is 0 Å². The van der Waals surface area contributed by atoms with Gasteiger partial charge in [-0.2, -0.15) is 18.2 Å². The largest absolute Gasteiger partial charge is 0.455 e. The fraction of sp³-hybridized carbons (Fsp3) is 0.600. The van der Waals surface area contributed by atoms with Gasteiger partial charge in [-0.05, 0) is 6.92 Å². The lowest BCUT2D eigenvalue weighted by molar-refractivity contribution is -0.146. The molecule has 0 bridgehead atoms. The van der Waals surface area contributed by atoms with Gasteiger partial charge in [0, 0.05) is 0 Å². The van der Waals surface area contributed by atoms with Gasteiger partial charge in [0.25, 0.3) is 11.7 Å². The van der Waals surface area contributed by atoms with Gasteiger partial charge in [0.05, 0.1) is 0 Å². The molecule has 1 atom stereocenters. The predicted molar refractivity (Wildman–Crippen MR) is 29.9 cm³/mol. The molecule has 0 fully saturated rings. The molecule has 0 aliphatic carbocycles. The highest BCUT2D eigenvalue weighted by Gasteiger charge is 2.37. The minimum atomic E-state index is -4.63. The quantitative estimate of drug-likeness (QED) is 0.707. The Kier molecular flexibility index (Phi) is 2.05. The van der Waals surface area contributed by atoms with Crippen molar-refractivity contribution in [2.45, 2.75) is 19.2 Å². The van der Waals surface area contributed by atoms with E-state index in [0.29, 0.717) is 0 Å². The van der Waals surface area contributed by atoms with E-state index in [1.807, 2.05) is 0 Å². The predicted octanol–water partition coefficient (Wildman–Crippen LogP) is 1.14. The molecule has 0 aliphatic rings. The number of aliphatic hydroxyl groups is 1. The topological polar surface area (TPSA) is 59.2 Å². The van der Waals surface area contributed by atoms with Crippen LogP contribution in [0.1, 0.15) is 24.7 Å². The Morgan fingerprint density at radius 1 is 1.50 bits per heavy atom. The molecule has 1 rings (SSSR count). The van der Waals surface area contributed by atoms with Crippen LogP contribution in [0.3, 0.4) is 0 Å². The maximum Gasteiger partial charge on any atom is 0.455 e. The molecule has 12 heavy (non-hydrogen) atoms. The Morgan fingerprint density at radius 2 is 2.08 bits per heavy atom. The Bertz CT molecular complexity index is 268. The van der Waals surface area contributed by atoms with Crippen LogP contribution in [0.15, 0.2) is 4.52 Å². The number of rotatable bonds is 1. The van der Waals surface area contributed by atoms with Crippen molar-refractivity contribution >= 4 is 0 Å². The Hall–Kier alpha value is -1.11. The highest BCUT2D eigenvalue weighted by molar-refractivity contribution is 4.92. The van der Waals surface area contributed by atoms with Crippen LogP contribution < -0.4 is 0 Å². The summed E-state index contributed by atoms with van der Waals surface area (Å²) in [4.78, 5) is 2.93. The van der Waals surface area contributed by atoms with Crippen LogP contribution in [0.4, 0.5) is 13.2 Å². The second-order valence-electron chi connectivity index (χ2n) is 2.13. The van der Waals surface area contributed by atoms with Crippen LogP contribution in [0.5, 0.6) is 0 Å². The molecule has 0 aromatic carbocycles. The molecular formula is C5H5F3N2O2. The molecule has 0 aliphatic heterocycles. The maximum absolute atomic E-state index is 11.8. The van der Waals surface area contributed by atoms with Gasteiger partial charge in [0.1, 0.15) is 6.10 Å². The van der Waals surface area contributed by atoms with Gasteiger partial charge in [-0.1, -0.05) is 5.16 Å². The van der Waals surface area contributed by atoms with E-state index in [9.17, 15) is 13.2 Å². The van der Waals surface area contributed by atoms with E-state index in [0.717, 1.165) is 0 Å². The molecule has 4 nitrogen and oxygen atoms in total. The number of hydrogen-bond acceptors (Lipinski definition) is 4. The molecule has 1 N–H and O–H groups in total. The van der Waals surface area contributed by atoms with Crippen molar-refractivity contribution < 1.29 is 22.8 Å². The van der Waals surface area contributed by atoms with Gasteiger partial charge in [-0.3, -0.25) is 0 Å². The summed E-state index contributed by atoms with van der Waals surface area (Å²) < 4.78 is 39.5. The smallest absolute Gasteiger partial charge is 0.384 e. The minimum absolute atomic E-state index is 0.442. The average Bonchev–Trinajstić information content (AvgIpc) is 2.30. The third-order valence-electron chi connectivity index (χ3n) is 1.05. The Morgan fingerprint density at radius 3 is 2.33 bits per heavy atom. The molecule has 1 aromatic heterocycles. The first-order valence-electron chi connectivity index (χ1n) is 3.00. The first-order chi connectivity index (χ1) is 5.41. The average molecular weight is 182 g/mol. The van der Waals surface area contributed by atoms with Crippen LogP contribution in [0, 0.1) is 0 Å². The number of alkyl halides is 3. The van der Waals surface area contributed by atoms with Gasteiger partial charge in [0.15, 0.2) is 0 Å². The monoisotopic (exact) mass is 182 g/mol. The Balaban J connectivity index is 2.92. The highest BCUT2D eigenvalue weighted by Crippen LogP contribution is 2.27. The first-order valence-corrected chi connectivity index (χ1v) is 3.00. The van der Waals surface area contributed by atoms with Crippen molar-refractivity contribution in [3.05, 3.63) is 11.7 Å². The summed E-state index contributed by atoms with van der Waals surface area (Å²) in [7, 11) is 0. The lowest BCUT2D eigenvalue weighted by atomic mass is 10.4. The lowest BCUT2D eigenvalue weighted by Crippen LogP contribution is -2.07. The third kappa shape index (κ3) is 1.73. The van der Waals surface area contributed by atoms with Crippen LogP contribution >= 0.6 is 0 Å². The third-order valence-corrected chi connectivity index (χ3v) is 1.05. The molecule has 1 aromatic rings. The number of aliphatic hydroxyl groups excluding tert-OH is 1.